The van der Waals surface area contributed by atoms with Crippen LogP contribution in [0.4, 0.5) is 0 Å². The van der Waals surface area contributed by atoms with Crippen molar-refractivity contribution in [1.82, 2.24) is 0 Å². The fourth-order valence-electron chi connectivity index (χ4n) is 3.28. The highest BCUT2D eigenvalue weighted by atomic mass is 16.4. The molecule has 0 saturated carbocycles. The van der Waals surface area contributed by atoms with E-state index in [1.165, 1.54) is 109 Å². The van der Waals surface area contributed by atoms with E-state index in [1.807, 2.05) is 6.08 Å². The first-order valence-corrected chi connectivity index (χ1v) is 11.4. The first kappa shape index (κ1) is 25.0. The van der Waals surface area contributed by atoms with Crippen LogP contribution in [-0.4, -0.2) is 11.1 Å². The van der Waals surface area contributed by atoms with E-state index in [1.54, 1.807) is 6.08 Å². The van der Waals surface area contributed by atoms with Gasteiger partial charge in [0.1, 0.15) is 0 Å². The van der Waals surface area contributed by atoms with Gasteiger partial charge in [0.15, 0.2) is 0 Å². The Labute approximate surface area is 163 Å². The molecule has 152 valence electrons. The molecule has 0 aromatic carbocycles. The van der Waals surface area contributed by atoms with Crippen LogP contribution in [0.2, 0.25) is 0 Å². The Bertz CT molecular complexity index is 353. The van der Waals surface area contributed by atoms with Gasteiger partial charge in [0.25, 0.3) is 0 Å². The van der Waals surface area contributed by atoms with Crippen molar-refractivity contribution in [2.24, 2.45) is 0 Å². The maximum atomic E-state index is 10.3. The zero-order valence-electron chi connectivity index (χ0n) is 17.4. The molecule has 0 unspecified atom stereocenters. The Morgan fingerprint density at radius 2 is 1.04 bits per heavy atom. The summed E-state index contributed by atoms with van der Waals surface area (Å²) in [5.74, 6) is -0.788. The predicted molar refractivity (Wildman–Crippen MR) is 114 cm³/mol. The average molecular weight is 365 g/mol. The molecule has 2 heteroatoms. The summed E-state index contributed by atoms with van der Waals surface area (Å²) >= 11 is 0. The molecule has 0 aliphatic heterocycles. The van der Waals surface area contributed by atoms with Gasteiger partial charge in [-0.1, -0.05) is 110 Å². The highest BCUT2D eigenvalue weighted by molar-refractivity contribution is 5.68. The molecule has 0 radical (unpaired) electrons. The Kier molecular flexibility index (Phi) is 21.2. The van der Waals surface area contributed by atoms with Gasteiger partial charge in [-0.25, -0.2) is 0 Å². The molecule has 0 spiro atoms. The summed E-state index contributed by atoms with van der Waals surface area (Å²) in [6.45, 7) is 2.28. The molecule has 0 aromatic rings. The second kappa shape index (κ2) is 22.0. The Morgan fingerprint density at radius 3 is 1.42 bits per heavy atom. The maximum Gasteiger partial charge on any atom is 0.307 e. The van der Waals surface area contributed by atoms with Crippen molar-refractivity contribution in [1.29, 1.82) is 0 Å². The Balaban J connectivity index is 3.09. The van der Waals surface area contributed by atoms with Crippen molar-refractivity contribution in [2.45, 2.75) is 129 Å². The normalized spacial score (nSPS) is 10.5. The summed E-state index contributed by atoms with van der Waals surface area (Å²) in [5, 5.41) is 8.49. The first-order valence-electron chi connectivity index (χ1n) is 11.4. The molecule has 0 amide bonds. The molecule has 0 aromatic heterocycles. The van der Waals surface area contributed by atoms with Crippen molar-refractivity contribution in [3.63, 3.8) is 0 Å². The molecule has 0 fully saturated rings. The van der Waals surface area contributed by atoms with Gasteiger partial charge in [0.2, 0.25) is 0 Å². The van der Waals surface area contributed by atoms with E-state index < -0.39 is 5.97 Å². The molecule has 0 aliphatic carbocycles. The summed E-state index contributed by atoms with van der Waals surface area (Å²) < 4.78 is 0. The average Bonchev–Trinajstić information content (AvgIpc) is 2.62. The summed E-state index contributed by atoms with van der Waals surface area (Å²) in [4.78, 5) is 10.3. The smallest absolute Gasteiger partial charge is 0.307 e. The highest BCUT2D eigenvalue weighted by Gasteiger charge is 1.94. The summed E-state index contributed by atoms with van der Waals surface area (Å²) in [5.41, 5.74) is 2.94. The Hall–Kier alpha value is -1.01. The van der Waals surface area contributed by atoms with Crippen LogP contribution in [0, 0.1) is 0 Å². The van der Waals surface area contributed by atoms with Gasteiger partial charge in [-0.05, 0) is 25.0 Å². The first-order chi connectivity index (χ1) is 12.8. The summed E-state index contributed by atoms with van der Waals surface area (Å²) in [6.07, 6.45) is 28.4. The number of rotatable bonds is 20. The third-order valence-electron chi connectivity index (χ3n) is 4.96. The van der Waals surface area contributed by atoms with Crippen LogP contribution >= 0.6 is 0 Å². The SMILES string of the molecule is CCCCCCCCCCCCCCCCCCCC=C=CCC(=O)O. The molecule has 0 saturated heterocycles. The molecule has 26 heavy (non-hydrogen) atoms. The summed E-state index contributed by atoms with van der Waals surface area (Å²) in [7, 11) is 0. The van der Waals surface area contributed by atoms with Crippen LogP contribution in [0.15, 0.2) is 17.9 Å². The third kappa shape index (κ3) is 23.0. The topological polar surface area (TPSA) is 37.3 Å². The minimum absolute atomic E-state index is 0.0789. The van der Waals surface area contributed by atoms with Crippen molar-refractivity contribution >= 4 is 5.97 Å². The lowest BCUT2D eigenvalue weighted by Crippen LogP contribution is -1.88. The fourth-order valence-corrected chi connectivity index (χ4v) is 3.28. The molecule has 0 atom stereocenters. The molecule has 0 bridgehead atoms. The van der Waals surface area contributed by atoms with Crippen molar-refractivity contribution in [2.75, 3.05) is 0 Å². The lowest BCUT2D eigenvalue weighted by atomic mass is 10.0. The monoisotopic (exact) mass is 364 g/mol. The van der Waals surface area contributed by atoms with E-state index in [4.69, 9.17) is 5.11 Å². The number of carbonyl (C=O) groups is 1. The van der Waals surface area contributed by atoms with Gasteiger partial charge in [-0.3, -0.25) is 4.79 Å². The van der Waals surface area contributed by atoms with Crippen LogP contribution in [0.3, 0.4) is 0 Å². The summed E-state index contributed by atoms with van der Waals surface area (Å²) in [6, 6.07) is 0. The van der Waals surface area contributed by atoms with Gasteiger partial charge in [0, 0.05) is 0 Å². The second-order valence-electron chi connectivity index (χ2n) is 7.62. The van der Waals surface area contributed by atoms with Crippen LogP contribution in [-0.2, 0) is 4.79 Å². The molecular formula is C24H44O2. The van der Waals surface area contributed by atoms with Crippen LogP contribution in [0.25, 0.3) is 0 Å². The van der Waals surface area contributed by atoms with Gasteiger partial charge in [0.05, 0.1) is 6.42 Å². The standard InChI is InChI=1S/C24H44O2/c1-2-3-4-5-6-7-8-9-10-11-12-13-14-15-16-17-18-19-20-21-22-23-24(25)26/h20,22H,2-19,23H2,1H3,(H,25,26). The molecule has 0 heterocycles. The van der Waals surface area contributed by atoms with E-state index >= 15 is 0 Å². The van der Waals surface area contributed by atoms with Gasteiger partial charge in [-0.15, -0.1) is 5.73 Å². The Morgan fingerprint density at radius 1 is 0.654 bits per heavy atom. The van der Waals surface area contributed by atoms with Crippen LogP contribution < -0.4 is 0 Å². The quantitative estimate of drug-likeness (QED) is 0.174. The molecular weight excluding hydrogens is 320 g/mol. The minimum Gasteiger partial charge on any atom is -0.481 e. The minimum atomic E-state index is -0.788. The van der Waals surface area contributed by atoms with Gasteiger partial charge >= 0.3 is 5.97 Å². The lowest BCUT2D eigenvalue weighted by Gasteiger charge is -2.03. The van der Waals surface area contributed by atoms with Crippen molar-refractivity contribution in [3.05, 3.63) is 17.9 Å². The second-order valence-corrected chi connectivity index (χ2v) is 7.62. The zero-order chi connectivity index (χ0) is 19.1. The van der Waals surface area contributed by atoms with E-state index in [-0.39, 0.29) is 6.42 Å². The number of hydrogen-bond donors (Lipinski definition) is 1. The van der Waals surface area contributed by atoms with E-state index in [2.05, 4.69) is 12.7 Å². The largest absolute Gasteiger partial charge is 0.481 e. The van der Waals surface area contributed by atoms with E-state index in [9.17, 15) is 4.79 Å². The number of unbranched alkanes of at least 4 members (excludes halogenated alkanes) is 17. The molecule has 0 rings (SSSR count). The number of carboxylic acids is 1. The lowest BCUT2D eigenvalue weighted by molar-refractivity contribution is -0.135. The molecule has 1 N–H and O–H groups in total. The number of hydrogen-bond acceptors (Lipinski definition) is 1. The molecule has 0 aliphatic rings. The predicted octanol–water partition coefficient (Wildman–Crippen LogP) is 8.21. The van der Waals surface area contributed by atoms with Gasteiger partial charge < -0.3 is 5.11 Å². The van der Waals surface area contributed by atoms with Crippen LogP contribution in [0.5, 0.6) is 0 Å². The maximum absolute atomic E-state index is 10.3. The highest BCUT2D eigenvalue weighted by Crippen LogP contribution is 2.14. The number of aliphatic carboxylic acids is 1. The van der Waals surface area contributed by atoms with Gasteiger partial charge in [-0.2, -0.15) is 0 Å². The molecule has 2 nitrogen and oxygen atoms in total. The van der Waals surface area contributed by atoms with Crippen molar-refractivity contribution in [3.8, 4) is 0 Å². The third-order valence-corrected chi connectivity index (χ3v) is 4.96. The fraction of sp³-hybridized carbons (Fsp3) is 0.833. The van der Waals surface area contributed by atoms with Crippen molar-refractivity contribution < 1.29 is 9.90 Å². The van der Waals surface area contributed by atoms with E-state index in [0.717, 1.165) is 6.42 Å². The van der Waals surface area contributed by atoms with Crippen LogP contribution in [0.1, 0.15) is 129 Å². The van der Waals surface area contributed by atoms with E-state index in [0.29, 0.717) is 0 Å². The number of carboxylic acid groups (broad SMARTS) is 1. The zero-order valence-corrected chi connectivity index (χ0v) is 17.4.